The molecule has 0 aromatic heterocycles. The van der Waals surface area contributed by atoms with E-state index in [0.29, 0.717) is 12.5 Å². The van der Waals surface area contributed by atoms with E-state index in [4.69, 9.17) is 10.5 Å². The zero-order valence-electron chi connectivity index (χ0n) is 11.8. The van der Waals surface area contributed by atoms with Gasteiger partial charge in [0, 0.05) is 11.6 Å². The summed E-state index contributed by atoms with van der Waals surface area (Å²) in [4.78, 5) is 0. The topological polar surface area (TPSA) is 35.2 Å². The summed E-state index contributed by atoms with van der Waals surface area (Å²) in [5.74, 6) is -0.502. The molecule has 2 N–H and O–H groups in total. The van der Waals surface area contributed by atoms with E-state index in [2.05, 4.69) is 0 Å². The highest BCUT2D eigenvalue weighted by Gasteiger charge is 2.40. The summed E-state index contributed by atoms with van der Waals surface area (Å²) in [6.45, 7) is 1.71. The highest BCUT2D eigenvalue weighted by molar-refractivity contribution is 5.85. The lowest BCUT2D eigenvalue weighted by atomic mass is 9.94. The van der Waals surface area contributed by atoms with Gasteiger partial charge in [-0.05, 0) is 18.6 Å². The van der Waals surface area contributed by atoms with Crippen LogP contribution in [0.25, 0.3) is 0 Å². The zero-order valence-corrected chi connectivity index (χ0v) is 12.6. The number of halogens is 7. The van der Waals surface area contributed by atoms with Crippen LogP contribution < -0.4 is 10.5 Å². The Morgan fingerprint density at radius 1 is 1.09 bits per heavy atom. The summed E-state index contributed by atoms with van der Waals surface area (Å²) in [5.41, 5.74) is 2.41. The normalized spacial score (nSPS) is 13.5. The molecule has 9 heteroatoms. The summed E-state index contributed by atoms with van der Waals surface area (Å²) in [5, 5.41) is 0. The first-order valence-corrected chi connectivity index (χ1v) is 6.14. The van der Waals surface area contributed by atoms with E-state index in [1.807, 2.05) is 0 Å². The van der Waals surface area contributed by atoms with Crippen LogP contribution in [0.15, 0.2) is 12.1 Å². The number of hydrogen-bond acceptors (Lipinski definition) is 2. The number of methoxy groups -OCH3 is 1. The van der Waals surface area contributed by atoms with Gasteiger partial charge >= 0.3 is 12.4 Å². The Morgan fingerprint density at radius 2 is 1.64 bits per heavy atom. The van der Waals surface area contributed by atoms with Crippen LogP contribution >= 0.6 is 12.4 Å². The third-order valence-electron chi connectivity index (χ3n) is 2.97. The lowest BCUT2D eigenvalue weighted by molar-refractivity contribution is -0.143. The Balaban J connectivity index is 0.00000441. The summed E-state index contributed by atoms with van der Waals surface area (Å²) < 4.78 is 82.0. The van der Waals surface area contributed by atoms with E-state index in [1.54, 1.807) is 6.92 Å². The van der Waals surface area contributed by atoms with Crippen LogP contribution in [0.5, 0.6) is 5.75 Å². The van der Waals surface area contributed by atoms with Crippen molar-refractivity contribution in [2.24, 2.45) is 5.73 Å². The van der Waals surface area contributed by atoms with Gasteiger partial charge < -0.3 is 10.5 Å². The molecule has 1 atom stereocenters. The first-order chi connectivity index (χ1) is 9.52. The fraction of sp³-hybridized carbons (Fsp3) is 0.538. The molecule has 0 aliphatic rings. The molecule has 0 saturated carbocycles. The van der Waals surface area contributed by atoms with Crippen molar-refractivity contribution in [1.29, 1.82) is 0 Å². The van der Waals surface area contributed by atoms with Gasteiger partial charge in [-0.1, -0.05) is 13.3 Å². The number of alkyl halides is 6. The van der Waals surface area contributed by atoms with Crippen molar-refractivity contribution < 1.29 is 31.1 Å². The van der Waals surface area contributed by atoms with Gasteiger partial charge in [-0.15, -0.1) is 12.4 Å². The Bertz CT molecular complexity index is 501. The average Bonchev–Trinajstić information content (AvgIpc) is 2.35. The molecule has 1 rings (SSSR count). The summed E-state index contributed by atoms with van der Waals surface area (Å²) in [6.07, 6.45) is -9.16. The largest absolute Gasteiger partial charge is 0.496 e. The molecule has 1 aromatic carbocycles. The van der Waals surface area contributed by atoms with E-state index in [-0.39, 0.29) is 24.9 Å². The first kappa shape index (κ1) is 20.9. The smallest absolute Gasteiger partial charge is 0.416 e. The number of nitrogens with two attached hydrogens (primary N) is 1. The molecular weight excluding hydrogens is 336 g/mol. The van der Waals surface area contributed by atoms with Crippen molar-refractivity contribution >= 4 is 12.4 Å². The highest BCUT2D eigenvalue weighted by atomic mass is 35.5. The Morgan fingerprint density at radius 3 is 2.00 bits per heavy atom. The van der Waals surface area contributed by atoms with Gasteiger partial charge in [0.2, 0.25) is 0 Å². The number of ether oxygens (including phenoxy) is 1. The Labute approximate surface area is 130 Å². The maximum atomic E-state index is 13.1. The Kier molecular flexibility index (Phi) is 7.02. The second-order valence-corrected chi connectivity index (χ2v) is 4.53. The fourth-order valence-corrected chi connectivity index (χ4v) is 2.03. The molecule has 0 amide bonds. The van der Waals surface area contributed by atoms with Crippen LogP contribution in [0.4, 0.5) is 26.3 Å². The van der Waals surface area contributed by atoms with Gasteiger partial charge in [0.05, 0.1) is 18.2 Å². The Hall–Kier alpha value is -1.15. The fourth-order valence-electron chi connectivity index (χ4n) is 2.03. The second-order valence-electron chi connectivity index (χ2n) is 4.53. The lowest BCUT2D eigenvalue weighted by Gasteiger charge is -2.22. The number of rotatable bonds is 4. The van der Waals surface area contributed by atoms with Gasteiger partial charge in [-0.3, -0.25) is 0 Å². The maximum Gasteiger partial charge on any atom is 0.416 e. The molecule has 0 radical (unpaired) electrons. The molecule has 0 fully saturated rings. The molecule has 0 bridgehead atoms. The summed E-state index contributed by atoms with van der Waals surface area (Å²) >= 11 is 0. The van der Waals surface area contributed by atoms with E-state index >= 15 is 0 Å². The molecule has 128 valence electrons. The average molecular weight is 352 g/mol. The zero-order chi connectivity index (χ0) is 16.4. The van der Waals surface area contributed by atoms with Crippen LogP contribution in [-0.2, 0) is 12.4 Å². The number of benzene rings is 1. The standard InChI is InChI=1S/C13H15F6NO.ClH/c1-3-4-9(20)11-8(13(17,18)19)5-7(12(14,15)16)6-10(11)21-2;/h5-6,9H,3-4,20H2,1-2H3;1H/t9-;/m1./s1. The highest BCUT2D eigenvalue weighted by Crippen LogP contribution is 2.43. The summed E-state index contributed by atoms with van der Waals surface area (Å²) in [6, 6.07) is -0.433. The third-order valence-corrected chi connectivity index (χ3v) is 2.97. The van der Waals surface area contributed by atoms with Gasteiger partial charge in [0.1, 0.15) is 5.75 Å². The lowest BCUT2D eigenvalue weighted by Crippen LogP contribution is -2.20. The van der Waals surface area contributed by atoms with Gasteiger partial charge in [-0.25, -0.2) is 0 Å². The second kappa shape index (κ2) is 7.41. The molecule has 0 unspecified atom stereocenters. The predicted molar refractivity (Wildman–Crippen MR) is 72.1 cm³/mol. The molecule has 0 spiro atoms. The van der Waals surface area contributed by atoms with Gasteiger partial charge in [-0.2, -0.15) is 26.3 Å². The molecule has 22 heavy (non-hydrogen) atoms. The minimum Gasteiger partial charge on any atom is -0.496 e. The molecule has 0 saturated heterocycles. The van der Waals surface area contributed by atoms with Gasteiger partial charge in [0.25, 0.3) is 0 Å². The number of hydrogen-bond donors (Lipinski definition) is 1. The SMILES string of the molecule is CCC[C@@H](N)c1c(OC)cc(C(F)(F)F)cc1C(F)(F)F.Cl. The van der Waals surface area contributed by atoms with Crippen molar-refractivity contribution in [2.45, 2.75) is 38.2 Å². The maximum absolute atomic E-state index is 13.1. The van der Waals surface area contributed by atoms with Gasteiger partial charge in [0.15, 0.2) is 0 Å². The molecule has 0 heterocycles. The third kappa shape index (κ3) is 4.67. The monoisotopic (exact) mass is 351 g/mol. The summed E-state index contributed by atoms with van der Waals surface area (Å²) in [7, 11) is 1.01. The first-order valence-electron chi connectivity index (χ1n) is 6.14. The van der Waals surface area contributed by atoms with Crippen LogP contribution in [0.3, 0.4) is 0 Å². The van der Waals surface area contributed by atoms with E-state index in [1.165, 1.54) is 0 Å². The van der Waals surface area contributed by atoms with Crippen molar-refractivity contribution in [2.75, 3.05) is 7.11 Å². The van der Waals surface area contributed by atoms with E-state index in [9.17, 15) is 26.3 Å². The molecule has 0 aliphatic carbocycles. The van der Waals surface area contributed by atoms with Crippen LogP contribution in [-0.4, -0.2) is 7.11 Å². The van der Waals surface area contributed by atoms with E-state index < -0.39 is 40.8 Å². The van der Waals surface area contributed by atoms with Crippen molar-refractivity contribution in [3.63, 3.8) is 0 Å². The van der Waals surface area contributed by atoms with Crippen LogP contribution in [0.1, 0.15) is 42.5 Å². The molecule has 2 nitrogen and oxygen atoms in total. The van der Waals surface area contributed by atoms with Crippen LogP contribution in [0.2, 0.25) is 0 Å². The van der Waals surface area contributed by atoms with Crippen molar-refractivity contribution in [3.05, 3.63) is 28.8 Å². The molecule has 0 aliphatic heterocycles. The predicted octanol–water partition coefficient (Wildman–Crippen LogP) is 4.95. The van der Waals surface area contributed by atoms with Crippen molar-refractivity contribution in [3.8, 4) is 5.75 Å². The van der Waals surface area contributed by atoms with E-state index in [0.717, 1.165) is 7.11 Å². The quantitative estimate of drug-likeness (QED) is 0.779. The van der Waals surface area contributed by atoms with Crippen molar-refractivity contribution in [1.82, 2.24) is 0 Å². The minimum atomic E-state index is -4.95. The molecular formula is C13H16ClF6NO. The van der Waals surface area contributed by atoms with Crippen LogP contribution in [0, 0.1) is 0 Å². The molecule has 1 aromatic rings. The minimum absolute atomic E-state index is 0.